The molecule has 2 aliphatic carbocycles. The Hall–Kier alpha value is -3.67. The van der Waals surface area contributed by atoms with Gasteiger partial charge in [-0.3, -0.25) is 0 Å². The molecule has 2 saturated carbocycles. The third-order valence-electron chi connectivity index (χ3n) is 11.2. The minimum atomic E-state index is -3.53. The van der Waals surface area contributed by atoms with Crippen LogP contribution in [0.25, 0.3) is 22.3 Å². The number of benzene rings is 4. The van der Waals surface area contributed by atoms with Gasteiger partial charge in [0.15, 0.2) is 17.5 Å². The lowest BCUT2D eigenvalue weighted by molar-refractivity contribution is -0.224. The minimum absolute atomic E-state index is 0.332. The SMILES string of the molecule is CCCC1CCC(C2CCC(C(F)(F)Oc3cc(F)c(F)c(F)c3)CC2)CC1.Cc1ccc(-c2ccc(-c3ccc(C)cc3)c(C)c2C)cc1. The van der Waals surface area contributed by atoms with Gasteiger partial charge in [-0.25, -0.2) is 13.2 Å². The number of halogens is 5. The molecule has 6 rings (SSSR count). The molecule has 0 bridgehead atoms. The summed E-state index contributed by atoms with van der Waals surface area (Å²) >= 11 is 0. The Labute approximate surface area is 295 Å². The number of rotatable bonds is 8. The van der Waals surface area contributed by atoms with Crippen molar-refractivity contribution in [1.29, 1.82) is 0 Å². The van der Waals surface area contributed by atoms with Crippen LogP contribution in [0.3, 0.4) is 0 Å². The van der Waals surface area contributed by atoms with E-state index in [1.54, 1.807) is 0 Å². The van der Waals surface area contributed by atoms with Crippen molar-refractivity contribution in [3.05, 3.63) is 113 Å². The molecule has 0 atom stereocenters. The molecule has 0 saturated heterocycles. The van der Waals surface area contributed by atoms with E-state index in [0.29, 0.717) is 36.8 Å². The lowest BCUT2D eigenvalue weighted by Crippen LogP contribution is -2.38. The highest BCUT2D eigenvalue weighted by atomic mass is 19.3. The zero-order chi connectivity index (χ0) is 36.0. The number of hydrogen-bond donors (Lipinski definition) is 0. The summed E-state index contributed by atoms with van der Waals surface area (Å²) in [6.45, 7) is 10.9. The summed E-state index contributed by atoms with van der Waals surface area (Å²) in [5, 5.41) is 0. The van der Waals surface area contributed by atoms with Gasteiger partial charge in [0, 0.05) is 12.1 Å². The van der Waals surface area contributed by atoms with Crippen molar-refractivity contribution in [2.24, 2.45) is 23.7 Å². The summed E-state index contributed by atoms with van der Waals surface area (Å²) < 4.78 is 73.1. The van der Waals surface area contributed by atoms with Crippen LogP contribution in [-0.4, -0.2) is 6.11 Å². The Kier molecular flexibility index (Phi) is 12.5. The summed E-state index contributed by atoms with van der Waals surface area (Å²) in [4.78, 5) is 0. The average molecular weight is 691 g/mol. The third kappa shape index (κ3) is 9.16. The van der Waals surface area contributed by atoms with E-state index in [2.05, 4.69) is 100 Å². The van der Waals surface area contributed by atoms with Crippen molar-refractivity contribution in [2.75, 3.05) is 0 Å². The minimum Gasteiger partial charge on any atom is -0.432 e. The van der Waals surface area contributed by atoms with Crippen LogP contribution < -0.4 is 4.74 Å². The highest BCUT2D eigenvalue weighted by molar-refractivity contribution is 5.77. The maximum atomic E-state index is 14.5. The highest BCUT2D eigenvalue weighted by Crippen LogP contribution is 2.46. The van der Waals surface area contributed by atoms with Gasteiger partial charge in [-0.2, -0.15) is 8.78 Å². The third-order valence-corrected chi connectivity index (χ3v) is 11.2. The molecule has 2 aliphatic rings. The van der Waals surface area contributed by atoms with E-state index in [1.165, 1.54) is 83.0 Å². The van der Waals surface area contributed by atoms with Gasteiger partial charge in [0.1, 0.15) is 5.75 Å². The van der Waals surface area contributed by atoms with Crippen LogP contribution in [0.2, 0.25) is 0 Å². The van der Waals surface area contributed by atoms with Gasteiger partial charge in [-0.05, 0) is 117 Å². The highest BCUT2D eigenvalue weighted by Gasteiger charge is 2.45. The molecule has 0 aromatic heterocycles. The molecule has 6 heteroatoms. The first kappa shape index (κ1) is 37.6. The van der Waals surface area contributed by atoms with Gasteiger partial charge in [0.25, 0.3) is 0 Å². The Morgan fingerprint density at radius 2 is 1.02 bits per heavy atom. The first-order chi connectivity index (χ1) is 23.9. The second-order valence-corrected chi connectivity index (χ2v) is 14.7. The van der Waals surface area contributed by atoms with E-state index >= 15 is 0 Å². The summed E-state index contributed by atoms with van der Waals surface area (Å²) in [5.74, 6) is -4.49. The Balaban J connectivity index is 0.000000200. The van der Waals surface area contributed by atoms with Gasteiger partial charge in [0.05, 0.1) is 5.92 Å². The van der Waals surface area contributed by atoms with Crippen LogP contribution in [-0.2, 0) is 0 Å². The first-order valence-electron chi connectivity index (χ1n) is 18.3. The first-order valence-corrected chi connectivity index (χ1v) is 18.3. The fraction of sp³-hybridized carbons (Fsp3) is 0.455. The summed E-state index contributed by atoms with van der Waals surface area (Å²) in [7, 11) is 0. The lowest BCUT2D eigenvalue weighted by atomic mass is 9.68. The summed E-state index contributed by atoms with van der Waals surface area (Å²) in [6.07, 6.45) is 6.00. The fourth-order valence-corrected chi connectivity index (χ4v) is 8.03. The molecule has 4 aromatic carbocycles. The van der Waals surface area contributed by atoms with Gasteiger partial charge in [-0.1, -0.05) is 104 Å². The predicted octanol–water partition coefficient (Wildman–Crippen LogP) is 13.7. The molecule has 0 radical (unpaired) electrons. The van der Waals surface area contributed by atoms with E-state index in [0.717, 1.165) is 18.8 Å². The van der Waals surface area contributed by atoms with Gasteiger partial charge >= 0.3 is 6.11 Å². The normalized spacial score (nSPS) is 20.9. The van der Waals surface area contributed by atoms with Crippen molar-refractivity contribution in [1.82, 2.24) is 0 Å². The van der Waals surface area contributed by atoms with Crippen LogP contribution >= 0.6 is 0 Å². The second-order valence-electron chi connectivity index (χ2n) is 14.7. The molecule has 0 N–H and O–H groups in total. The van der Waals surface area contributed by atoms with Crippen molar-refractivity contribution in [2.45, 2.75) is 105 Å². The van der Waals surface area contributed by atoms with Crippen molar-refractivity contribution < 1.29 is 26.7 Å². The number of aryl methyl sites for hydroxylation is 2. The molecule has 50 heavy (non-hydrogen) atoms. The van der Waals surface area contributed by atoms with Crippen LogP contribution in [0.1, 0.15) is 93.4 Å². The lowest BCUT2D eigenvalue weighted by Gasteiger charge is -2.39. The topological polar surface area (TPSA) is 9.23 Å². The monoisotopic (exact) mass is 690 g/mol. The molecule has 2 fully saturated rings. The largest absolute Gasteiger partial charge is 0.432 e. The Bertz CT molecular complexity index is 1600. The van der Waals surface area contributed by atoms with E-state index in [4.69, 9.17) is 0 Å². The predicted molar refractivity (Wildman–Crippen MR) is 194 cm³/mol. The number of alkyl halides is 2. The summed E-state index contributed by atoms with van der Waals surface area (Å²) in [5.41, 5.74) is 10.6. The number of hydrogen-bond acceptors (Lipinski definition) is 1. The Morgan fingerprint density at radius 3 is 1.44 bits per heavy atom. The fourth-order valence-electron chi connectivity index (χ4n) is 8.03. The smallest absolute Gasteiger partial charge is 0.400 e. The average Bonchev–Trinajstić information content (AvgIpc) is 3.10. The quantitative estimate of drug-likeness (QED) is 0.132. The van der Waals surface area contributed by atoms with E-state index in [-0.39, 0.29) is 0 Å². The molecule has 0 amide bonds. The molecule has 4 aromatic rings. The standard InChI is InChI=1S/C22H29F5O.C22H22/c1-2-3-14-4-6-15(7-5-14)16-8-10-17(11-9-16)22(26,27)28-18-12-19(23)21(25)20(24)13-18;1-15-5-9-19(10-6-15)21-13-14-22(18(4)17(21)3)20-11-7-16(2)8-12-20/h12-17H,2-11H2,1H3;5-14H,1-4H3. The van der Waals surface area contributed by atoms with E-state index in [1.807, 2.05) is 0 Å². The second kappa shape index (κ2) is 16.6. The van der Waals surface area contributed by atoms with Crippen molar-refractivity contribution in [3.63, 3.8) is 0 Å². The molecule has 0 heterocycles. The maximum Gasteiger partial charge on any atom is 0.400 e. The zero-order valence-electron chi connectivity index (χ0n) is 30.1. The molecular formula is C44H51F5O. The molecule has 1 nitrogen and oxygen atoms in total. The molecule has 0 aliphatic heterocycles. The van der Waals surface area contributed by atoms with Crippen LogP contribution in [0.4, 0.5) is 22.0 Å². The van der Waals surface area contributed by atoms with Gasteiger partial charge in [-0.15, -0.1) is 0 Å². The molecule has 268 valence electrons. The molecule has 0 spiro atoms. The Morgan fingerprint density at radius 1 is 0.600 bits per heavy atom. The van der Waals surface area contributed by atoms with Gasteiger partial charge < -0.3 is 4.74 Å². The number of ether oxygens (including phenoxy) is 1. The van der Waals surface area contributed by atoms with Crippen LogP contribution in [0, 0.1) is 68.8 Å². The van der Waals surface area contributed by atoms with E-state index < -0.39 is 35.2 Å². The zero-order valence-corrected chi connectivity index (χ0v) is 30.1. The molecule has 0 unspecified atom stereocenters. The van der Waals surface area contributed by atoms with Crippen LogP contribution in [0.15, 0.2) is 72.8 Å². The van der Waals surface area contributed by atoms with Crippen LogP contribution in [0.5, 0.6) is 5.75 Å². The summed E-state index contributed by atoms with van der Waals surface area (Å²) in [6, 6.07) is 23.0. The van der Waals surface area contributed by atoms with Crippen molar-refractivity contribution >= 4 is 0 Å². The maximum absolute atomic E-state index is 14.5. The van der Waals surface area contributed by atoms with Crippen molar-refractivity contribution in [3.8, 4) is 28.0 Å². The van der Waals surface area contributed by atoms with E-state index in [9.17, 15) is 22.0 Å². The molecular weight excluding hydrogens is 639 g/mol. The van der Waals surface area contributed by atoms with Gasteiger partial charge in [0.2, 0.25) is 0 Å².